The van der Waals surface area contributed by atoms with Gasteiger partial charge in [0, 0.05) is 12.2 Å². The fraction of sp³-hybridized carbons (Fsp3) is 0.364. The van der Waals surface area contributed by atoms with Crippen LogP contribution in [0.1, 0.15) is 32.3 Å². The van der Waals surface area contributed by atoms with Crippen LogP contribution in [0.3, 0.4) is 0 Å². The molecule has 1 N–H and O–H groups in total. The number of amides is 2. The molecule has 6 heteroatoms. The SMILES string of the molecule is CCN(CC(=O)Nc1ccc(OC)cc1)C(=O)COc1ccc(C(C)C)cc1. The summed E-state index contributed by atoms with van der Waals surface area (Å²) in [5.41, 5.74) is 1.86. The summed E-state index contributed by atoms with van der Waals surface area (Å²) >= 11 is 0. The largest absolute Gasteiger partial charge is 0.497 e. The van der Waals surface area contributed by atoms with Crippen LogP contribution in [-0.4, -0.2) is 43.5 Å². The molecule has 0 aromatic heterocycles. The second-order valence-electron chi connectivity index (χ2n) is 6.70. The van der Waals surface area contributed by atoms with E-state index in [2.05, 4.69) is 19.2 Å². The quantitative estimate of drug-likeness (QED) is 0.716. The number of benzene rings is 2. The zero-order chi connectivity index (χ0) is 20.5. The van der Waals surface area contributed by atoms with E-state index in [0.717, 1.165) is 0 Å². The number of carbonyl (C=O) groups is 2. The number of methoxy groups -OCH3 is 1. The third-order valence-electron chi connectivity index (χ3n) is 4.35. The first-order valence-corrected chi connectivity index (χ1v) is 9.37. The van der Waals surface area contributed by atoms with Crippen LogP contribution in [0.2, 0.25) is 0 Å². The number of hydrogen-bond acceptors (Lipinski definition) is 4. The maximum Gasteiger partial charge on any atom is 0.260 e. The Bertz CT molecular complexity index is 770. The van der Waals surface area contributed by atoms with E-state index < -0.39 is 0 Å². The Morgan fingerprint density at radius 3 is 2.14 bits per heavy atom. The molecule has 2 amide bonds. The van der Waals surface area contributed by atoms with Crippen LogP contribution in [0.5, 0.6) is 11.5 Å². The monoisotopic (exact) mass is 384 g/mol. The van der Waals surface area contributed by atoms with E-state index in [4.69, 9.17) is 9.47 Å². The minimum atomic E-state index is -0.262. The molecule has 0 atom stereocenters. The molecule has 0 spiro atoms. The molecule has 2 rings (SSSR count). The average molecular weight is 384 g/mol. The number of ether oxygens (including phenoxy) is 2. The molecule has 6 nitrogen and oxygen atoms in total. The van der Waals surface area contributed by atoms with Crippen molar-refractivity contribution in [1.82, 2.24) is 4.90 Å². The number of anilines is 1. The summed E-state index contributed by atoms with van der Waals surface area (Å²) in [6, 6.07) is 14.7. The highest BCUT2D eigenvalue weighted by molar-refractivity contribution is 5.94. The van der Waals surface area contributed by atoms with Crippen LogP contribution >= 0.6 is 0 Å². The Kier molecular flexibility index (Phi) is 7.87. The molecule has 0 saturated heterocycles. The maximum atomic E-state index is 12.4. The van der Waals surface area contributed by atoms with Crippen LogP contribution in [0.25, 0.3) is 0 Å². The van der Waals surface area contributed by atoms with Crippen molar-refractivity contribution in [3.05, 3.63) is 54.1 Å². The Morgan fingerprint density at radius 2 is 1.61 bits per heavy atom. The molecule has 28 heavy (non-hydrogen) atoms. The van der Waals surface area contributed by atoms with Gasteiger partial charge < -0.3 is 19.7 Å². The van der Waals surface area contributed by atoms with Crippen LogP contribution in [0.4, 0.5) is 5.69 Å². The fourth-order valence-corrected chi connectivity index (χ4v) is 2.61. The zero-order valence-electron chi connectivity index (χ0n) is 16.9. The van der Waals surface area contributed by atoms with Gasteiger partial charge in [0.1, 0.15) is 11.5 Å². The molecule has 0 heterocycles. The van der Waals surface area contributed by atoms with Crippen molar-refractivity contribution in [3.63, 3.8) is 0 Å². The molecule has 0 unspecified atom stereocenters. The average Bonchev–Trinajstić information content (AvgIpc) is 2.71. The highest BCUT2D eigenvalue weighted by Gasteiger charge is 2.16. The van der Waals surface area contributed by atoms with E-state index in [1.807, 2.05) is 31.2 Å². The minimum absolute atomic E-state index is 0.0307. The van der Waals surface area contributed by atoms with E-state index in [0.29, 0.717) is 29.6 Å². The van der Waals surface area contributed by atoms with Gasteiger partial charge in [0.15, 0.2) is 6.61 Å². The second kappa shape index (κ2) is 10.3. The lowest BCUT2D eigenvalue weighted by molar-refractivity contribution is -0.136. The smallest absolute Gasteiger partial charge is 0.260 e. The summed E-state index contributed by atoms with van der Waals surface area (Å²) in [6.45, 7) is 6.35. The van der Waals surface area contributed by atoms with Crippen LogP contribution < -0.4 is 14.8 Å². The van der Waals surface area contributed by atoms with Crippen molar-refractivity contribution in [2.24, 2.45) is 0 Å². The minimum Gasteiger partial charge on any atom is -0.497 e. The molecule has 0 aliphatic heterocycles. The zero-order valence-corrected chi connectivity index (χ0v) is 16.9. The lowest BCUT2D eigenvalue weighted by Crippen LogP contribution is -2.40. The van der Waals surface area contributed by atoms with Crippen molar-refractivity contribution in [2.75, 3.05) is 32.1 Å². The number of carbonyl (C=O) groups excluding carboxylic acids is 2. The summed E-state index contributed by atoms with van der Waals surface area (Å²) in [5.74, 6) is 1.29. The van der Waals surface area contributed by atoms with Crippen LogP contribution in [0, 0.1) is 0 Å². The molecule has 0 fully saturated rings. The Labute approximate surface area is 166 Å². The molecule has 0 radical (unpaired) electrons. The fourth-order valence-electron chi connectivity index (χ4n) is 2.61. The Morgan fingerprint density at radius 1 is 1.00 bits per heavy atom. The first-order valence-electron chi connectivity index (χ1n) is 9.37. The van der Waals surface area contributed by atoms with E-state index in [1.165, 1.54) is 10.5 Å². The standard InChI is InChI=1S/C22H28N2O4/c1-5-24(14-21(25)23-18-8-12-19(27-4)13-9-18)22(26)15-28-20-10-6-17(7-11-20)16(2)3/h6-13,16H,5,14-15H2,1-4H3,(H,23,25). The van der Waals surface area contributed by atoms with Gasteiger partial charge in [-0.25, -0.2) is 0 Å². The molecule has 2 aromatic carbocycles. The number of hydrogen-bond donors (Lipinski definition) is 1. The summed E-state index contributed by atoms with van der Waals surface area (Å²) in [7, 11) is 1.58. The van der Waals surface area contributed by atoms with E-state index in [9.17, 15) is 9.59 Å². The predicted octanol–water partition coefficient (Wildman–Crippen LogP) is 3.68. The van der Waals surface area contributed by atoms with Crippen molar-refractivity contribution in [3.8, 4) is 11.5 Å². The first kappa shape index (κ1) is 21.3. The summed E-state index contributed by atoms with van der Waals surface area (Å²) < 4.78 is 10.7. The molecule has 0 saturated carbocycles. The van der Waals surface area contributed by atoms with E-state index in [-0.39, 0.29) is 25.0 Å². The molecule has 150 valence electrons. The molecule has 0 aliphatic carbocycles. The number of nitrogens with one attached hydrogen (secondary N) is 1. The van der Waals surface area contributed by atoms with E-state index >= 15 is 0 Å². The van der Waals surface area contributed by atoms with Crippen molar-refractivity contribution < 1.29 is 19.1 Å². The molecule has 0 aliphatic rings. The topological polar surface area (TPSA) is 67.9 Å². The highest BCUT2D eigenvalue weighted by Crippen LogP contribution is 2.18. The number of likely N-dealkylation sites (N-methyl/N-ethyl adjacent to an activating group) is 1. The summed E-state index contributed by atoms with van der Waals surface area (Å²) in [5, 5.41) is 2.77. The number of nitrogens with zero attached hydrogens (tertiary/aromatic N) is 1. The first-order chi connectivity index (χ1) is 13.4. The van der Waals surface area contributed by atoms with Gasteiger partial charge in [0.25, 0.3) is 5.91 Å². The van der Waals surface area contributed by atoms with Gasteiger partial charge in [-0.1, -0.05) is 26.0 Å². The van der Waals surface area contributed by atoms with Gasteiger partial charge in [-0.05, 0) is 54.8 Å². The van der Waals surface area contributed by atoms with Crippen molar-refractivity contribution >= 4 is 17.5 Å². The molecular formula is C22H28N2O4. The van der Waals surface area contributed by atoms with Crippen LogP contribution in [-0.2, 0) is 9.59 Å². The van der Waals surface area contributed by atoms with Gasteiger partial charge in [0.2, 0.25) is 5.91 Å². The van der Waals surface area contributed by atoms with Gasteiger partial charge in [-0.3, -0.25) is 9.59 Å². The van der Waals surface area contributed by atoms with Crippen molar-refractivity contribution in [1.29, 1.82) is 0 Å². The van der Waals surface area contributed by atoms with Gasteiger partial charge in [-0.2, -0.15) is 0 Å². The highest BCUT2D eigenvalue weighted by atomic mass is 16.5. The summed E-state index contributed by atoms with van der Waals surface area (Å²) in [4.78, 5) is 26.1. The molecule has 2 aromatic rings. The molecular weight excluding hydrogens is 356 g/mol. The maximum absolute atomic E-state index is 12.4. The van der Waals surface area contributed by atoms with Gasteiger partial charge >= 0.3 is 0 Å². The lowest BCUT2D eigenvalue weighted by Gasteiger charge is -2.20. The third-order valence-corrected chi connectivity index (χ3v) is 4.35. The van der Waals surface area contributed by atoms with E-state index in [1.54, 1.807) is 31.4 Å². The normalized spacial score (nSPS) is 10.5. The molecule has 0 bridgehead atoms. The second-order valence-corrected chi connectivity index (χ2v) is 6.70. The third kappa shape index (κ3) is 6.30. The van der Waals surface area contributed by atoms with Crippen molar-refractivity contribution in [2.45, 2.75) is 26.7 Å². The Hall–Kier alpha value is -3.02. The number of rotatable bonds is 9. The lowest BCUT2D eigenvalue weighted by atomic mass is 10.0. The Balaban J connectivity index is 1.85. The van der Waals surface area contributed by atoms with Gasteiger partial charge in [0.05, 0.1) is 13.7 Å². The summed E-state index contributed by atoms with van der Waals surface area (Å²) in [6.07, 6.45) is 0. The van der Waals surface area contributed by atoms with Crippen LogP contribution in [0.15, 0.2) is 48.5 Å². The van der Waals surface area contributed by atoms with Gasteiger partial charge in [-0.15, -0.1) is 0 Å². The predicted molar refractivity (Wildman–Crippen MR) is 110 cm³/mol.